The van der Waals surface area contributed by atoms with Crippen LogP contribution in [0.1, 0.15) is 23.2 Å². The fourth-order valence-corrected chi connectivity index (χ4v) is 3.15. The molecule has 0 atom stereocenters. The highest BCUT2D eigenvalue weighted by Crippen LogP contribution is 2.28. The molecule has 8 heteroatoms. The predicted molar refractivity (Wildman–Crippen MR) is 102 cm³/mol. The number of hydrogen-bond acceptors (Lipinski definition) is 6. The fraction of sp³-hybridized carbons (Fsp3) is 0.389. The highest BCUT2D eigenvalue weighted by Gasteiger charge is 2.24. The summed E-state index contributed by atoms with van der Waals surface area (Å²) < 4.78 is 11.4. The van der Waals surface area contributed by atoms with Crippen LogP contribution in [0.15, 0.2) is 35.1 Å². The van der Waals surface area contributed by atoms with Gasteiger partial charge in [-0.25, -0.2) is 9.97 Å². The molecule has 1 fully saturated rings. The largest absolute Gasteiger partial charge is 0.493 e. The molecule has 0 aliphatic carbocycles. The summed E-state index contributed by atoms with van der Waals surface area (Å²) >= 11 is 3.32. The lowest BCUT2D eigenvalue weighted by Gasteiger charge is -2.32. The van der Waals surface area contributed by atoms with Gasteiger partial charge < -0.3 is 19.7 Å². The van der Waals surface area contributed by atoms with E-state index in [9.17, 15) is 4.79 Å². The van der Waals surface area contributed by atoms with Crippen LogP contribution in [0.25, 0.3) is 0 Å². The lowest BCUT2D eigenvalue weighted by molar-refractivity contribution is 0.0718. The van der Waals surface area contributed by atoms with Crippen molar-refractivity contribution in [1.29, 1.82) is 0 Å². The van der Waals surface area contributed by atoms with Crippen molar-refractivity contribution in [3.05, 3.63) is 40.6 Å². The van der Waals surface area contributed by atoms with Crippen molar-refractivity contribution in [2.24, 2.45) is 0 Å². The predicted octanol–water partition coefficient (Wildman–Crippen LogP) is 2.97. The average Bonchev–Trinajstić information content (AvgIpc) is 2.69. The Balaban J connectivity index is 1.59. The minimum Gasteiger partial charge on any atom is -0.493 e. The van der Waals surface area contributed by atoms with Crippen molar-refractivity contribution in [1.82, 2.24) is 14.9 Å². The number of hydrogen-bond donors (Lipinski definition) is 1. The van der Waals surface area contributed by atoms with Crippen molar-refractivity contribution < 1.29 is 14.3 Å². The van der Waals surface area contributed by atoms with Crippen LogP contribution in [0.4, 0.5) is 5.95 Å². The third-order valence-electron chi connectivity index (χ3n) is 4.37. The van der Waals surface area contributed by atoms with E-state index >= 15 is 0 Å². The summed E-state index contributed by atoms with van der Waals surface area (Å²) in [6, 6.07) is 5.50. The highest BCUT2D eigenvalue weighted by molar-refractivity contribution is 9.10. The molecule has 1 aliphatic rings. The zero-order valence-electron chi connectivity index (χ0n) is 14.7. The van der Waals surface area contributed by atoms with Gasteiger partial charge in [-0.2, -0.15) is 0 Å². The van der Waals surface area contributed by atoms with Crippen LogP contribution in [0.3, 0.4) is 0 Å². The molecule has 1 aliphatic heterocycles. The molecule has 2 aromatic rings. The molecular weight excluding hydrogens is 400 g/mol. The van der Waals surface area contributed by atoms with Crippen LogP contribution in [0.2, 0.25) is 0 Å². The normalized spacial score (nSPS) is 14.8. The Kier molecular flexibility index (Phi) is 5.92. The molecule has 1 N–H and O–H groups in total. The summed E-state index contributed by atoms with van der Waals surface area (Å²) in [4.78, 5) is 23.1. The van der Waals surface area contributed by atoms with Crippen LogP contribution in [0.5, 0.6) is 11.5 Å². The van der Waals surface area contributed by atoms with E-state index in [2.05, 4.69) is 31.2 Å². The third kappa shape index (κ3) is 4.24. The lowest BCUT2D eigenvalue weighted by atomic mass is 10.0. The van der Waals surface area contributed by atoms with E-state index in [4.69, 9.17) is 9.47 Å². The summed E-state index contributed by atoms with van der Waals surface area (Å²) in [5.41, 5.74) is 0.602. The number of nitrogens with one attached hydrogen (secondary N) is 1. The van der Waals surface area contributed by atoms with Gasteiger partial charge in [-0.05, 0) is 47.0 Å². The molecule has 1 aromatic heterocycles. The minimum absolute atomic E-state index is 0.00398. The first kappa shape index (κ1) is 18.4. The van der Waals surface area contributed by atoms with Crippen LogP contribution in [0, 0.1) is 0 Å². The standard InChI is InChI=1S/C18H21BrN4O3/c1-25-15-4-3-12(9-16(15)26-2)17(24)23-7-5-14(6-8-23)22-18-20-10-13(19)11-21-18/h3-4,9-11,14H,5-8H2,1-2H3,(H,20,21,22). The first-order chi connectivity index (χ1) is 12.6. The van der Waals surface area contributed by atoms with E-state index in [-0.39, 0.29) is 11.9 Å². The topological polar surface area (TPSA) is 76.6 Å². The molecule has 26 heavy (non-hydrogen) atoms. The molecule has 0 spiro atoms. The zero-order valence-corrected chi connectivity index (χ0v) is 16.3. The van der Waals surface area contributed by atoms with E-state index in [1.807, 2.05) is 4.90 Å². The van der Waals surface area contributed by atoms with Gasteiger partial charge in [0.1, 0.15) is 0 Å². The molecule has 1 amide bonds. The molecule has 0 unspecified atom stereocenters. The van der Waals surface area contributed by atoms with E-state index in [0.29, 0.717) is 36.1 Å². The Bertz CT molecular complexity index is 762. The maximum absolute atomic E-state index is 12.7. The fourth-order valence-electron chi connectivity index (χ4n) is 2.95. The zero-order chi connectivity index (χ0) is 18.5. The van der Waals surface area contributed by atoms with Crippen molar-refractivity contribution in [3.63, 3.8) is 0 Å². The Hall–Kier alpha value is -2.35. The van der Waals surface area contributed by atoms with Crippen LogP contribution >= 0.6 is 15.9 Å². The number of anilines is 1. The summed E-state index contributed by atoms with van der Waals surface area (Å²) in [7, 11) is 3.14. The molecule has 1 aromatic carbocycles. The van der Waals surface area contributed by atoms with Gasteiger partial charge in [0, 0.05) is 37.1 Å². The second-order valence-electron chi connectivity index (χ2n) is 6.01. The van der Waals surface area contributed by atoms with Gasteiger partial charge in [0.15, 0.2) is 11.5 Å². The highest BCUT2D eigenvalue weighted by atomic mass is 79.9. The maximum atomic E-state index is 12.7. The molecule has 0 saturated carbocycles. The average molecular weight is 421 g/mol. The first-order valence-electron chi connectivity index (χ1n) is 8.36. The van der Waals surface area contributed by atoms with E-state index in [1.54, 1.807) is 44.8 Å². The number of carbonyl (C=O) groups is 1. The van der Waals surface area contributed by atoms with Crippen molar-refractivity contribution in [2.45, 2.75) is 18.9 Å². The van der Waals surface area contributed by atoms with Crippen molar-refractivity contribution in [3.8, 4) is 11.5 Å². The summed E-state index contributed by atoms with van der Waals surface area (Å²) in [6.45, 7) is 1.36. The van der Waals surface area contributed by atoms with E-state index < -0.39 is 0 Å². The van der Waals surface area contributed by atoms with E-state index in [1.165, 1.54) is 0 Å². The Morgan fingerprint density at radius 3 is 2.42 bits per heavy atom. The molecular formula is C18H21BrN4O3. The van der Waals surface area contributed by atoms with Gasteiger partial charge in [0.2, 0.25) is 5.95 Å². The quantitative estimate of drug-likeness (QED) is 0.800. The smallest absolute Gasteiger partial charge is 0.253 e. The molecule has 0 radical (unpaired) electrons. The number of likely N-dealkylation sites (tertiary alicyclic amines) is 1. The third-order valence-corrected chi connectivity index (χ3v) is 4.78. The number of amides is 1. The molecule has 7 nitrogen and oxygen atoms in total. The number of methoxy groups -OCH3 is 2. The number of piperidine rings is 1. The lowest BCUT2D eigenvalue weighted by Crippen LogP contribution is -2.42. The van der Waals surface area contributed by atoms with Crippen LogP contribution < -0.4 is 14.8 Å². The van der Waals surface area contributed by atoms with Crippen LogP contribution in [-0.4, -0.2) is 54.1 Å². The minimum atomic E-state index is 0.00398. The van der Waals surface area contributed by atoms with Gasteiger partial charge in [0.25, 0.3) is 5.91 Å². The number of aromatic nitrogens is 2. The van der Waals surface area contributed by atoms with Gasteiger partial charge in [-0.3, -0.25) is 4.79 Å². The second kappa shape index (κ2) is 8.35. The summed E-state index contributed by atoms with van der Waals surface area (Å²) in [5.74, 6) is 1.78. The second-order valence-corrected chi connectivity index (χ2v) is 6.92. The SMILES string of the molecule is COc1ccc(C(=O)N2CCC(Nc3ncc(Br)cn3)CC2)cc1OC. The molecule has 1 saturated heterocycles. The molecule has 138 valence electrons. The van der Waals surface area contributed by atoms with Gasteiger partial charge in [-0.15, -0.1) is 0 Å². The number of benzene rings is 1. The van der Waals surface area contributed by atoms with Gasteiger partial charge in [0.05, 0.1) is 18.7 Å². The molecule has 3 rings (SSSR count). The summed E-state index contributed by atoms with van der Waals surface area (Å²) in [6.07, 6.45) is 5.12. The molecule has 2 heterocycles. The number of nitrogens with zero attached hydrogens (tertiary/aromatic N) is 3. The number of ether oxygens (including phenoxy) is 2. The molecule has 0 bridgehead atoms. The Morgan fingerprint density at radius 1 is 1.15 bits per heavy atom. The van der Waals surface area contributed by atoms with Gasteiger partial charge >= 0.3 is 0 Å². The number of rotatable bonds is 5. The van der Waals surface area contributed by atoms with Gasteiger partial charge in [-0.1, -0.05) is 0 Å². The maximum Gasteiger partial charge on any atom is 0.253 e. The summed E-state index contributed by atoms with van der Waals surface area (Å²) in [5, 5.41) is 3.32. The number of halogens is 1. The monoisotopic (exact) mass is 420 g/mol. The van der Waals surface area contributed by atoms with Crippen LogP contribution in [-0.2, 0) is 0 Å². The van der Waals surface area contributed by atoms with Crippen molar-refractivity contribution >= 4 is 27.8 Å². The van der Waals surface area contributed by atoms with Crippen molar-refractivity contribution in [2.75, 3.05) is 32.6 Å². The Labute approximate surface area is 160 Å². The Morgan fingerprint density at radius 2 is 1.81 bits per heavy atom. The van der Waals surface area contributed by atoms with E-state index in [0.717, 1.165) is 17.3 Å². The first-order valence-corrected chi connectivity index (χ1v) is 9.15. The number of carbonyl (C=O) groups excluding carboxylic acids is 1.